The van der Waals surface area contributed by atoms with Gasteiger partial charge < -0.3 is 25.0 Å². The summed E-state index contributed by atoms with van der Waals surface area (Å²) < 4.78 is 10.1. The van der Waals surface area contributed by atoms with E-state index in [0.717, 1.165) is 0 Å². The zero-order valence-corrected chi connectivity index (χ0v) is 16.2. The molecule has 9 nitrogen and oxygen atoms in total. The van der Waals surface area contributed by atoms with Gasteiger partial charge in [0, 0.05) is 32.5 Å². The van der Waals surface area contributed by atoms with Crippen LogP contribution in [0.15, 0.2) is 0 Å². The molecule has 0 heterocycles. The van der Waals surface area contributed by atoms with Crippen LogP contribution in [0.4, 0.5) is 4.79 Å². The van der Waals surface area contributed by atoms with Gasteiger partial charge in [-0.2, -0.15) is 0 Å². The summed E-state index contributed by atoms with van der Waals surface area (Å²) in [7, 11) is 2.87. The van der Waals surface area contributed by atoms with Crippen molar-refractivity contribution in [1.29, 1.82) is 0 Å². The van der Waals surface area contributed by atoms with Crippen LogP contribution in [0.2, 0.25) is 0 Å². The van der Waals surface area contributed by atoms with Crippen LogP contribution in [0.1, 0.15) is 34.1 Å². The SMILES string of the molecule is COC(=O)[C@H]1C[C@@H](N(C)C=O)[C@H](CNC(C)=O)[C@@H]1NC(=O)OC(C)(C)C. The third kappa shape index (κ3) is 5.89. The fourth-order valence-electron chi connectivity index (χ4n) is 3.24. The number of carbonyl (C=O) groups is 4. The van der Waals surface area contributed by atoms with Crippen molar-refractivity contribution in [2.75, 3.05) is 20.7 Å². The van der Waals surface area contributed by atoms with Crippen molar-refractivity contribution in [3.05, 3.63) is 0 Å². The zero-order chi connectivity index (χ0) is 20.1. The summed E-state index contributed by atoms with van der Waals surface area (Å²) in [5.74, 6) is -1.75. The summed E-state index contributed by atoms with van der Waals surface area (Å²) in [6.45, 7) is 6.78. The second-order valence-corrected chi connectivity index (χ2v) is 7.48. The van der Waals surface area contributed by atoms with E-state index in [1.54, 1.807) is 27.8 Å². The Bertz CT molecular complexity index is 545. The molecule has 1 rings (SSSR count). The van der Waals surface area contributed by atoms with Crippen molar-refractivity contribution in [2.24, 2.45) is 11.8 Å². The third-order valence-electron chi connectivity index (χ3n) is 4.35. The molecule has 0 aromatic rings. The number of methoxy groups -OCH3 is 1. The maximum Gasteiger partial charge on any atom is 0.407 e. The number of hydrogen-bond acceptors (Lipinski definition) is 6. The molecule has 1 aliphatic rings. The Labute approximate surface area is 153 Å². The topological polar surface area (TPSA) is 114 Å². The van der Waals surface area contributed by atoms with Crippen molar-refractivity contribution in [2.45, 2.75) is 51.8 Å². The number of nitrogens with one attached hydrogen (secondary N) is 2. The van der Waals surface area contributed by atoms with Crippen molar-refractivity contribution in [1.82, 2.24) is 15.5 Å². The molecule has 0 spiro atoms. The molecule has 0 aromatic carbocycles. The zero-order valence-electron chi connectivity index (χ0n) is 16.2. The molecule has 9 heteroatoms. The van der Waals surface area contributed by atoms with E-state index in [1.807, 2.05) is 0 Å². The normalized spacial score (nSPS) is 25.2. The molecule has 2 N–H and O–H groups in total. The van der Waals surface area contributed by atoms with Gasteiger partial charge in [0.05, 0.1) is 19.1 Å². The largest absolute Gasteiger partial charge is 0.469 e. The van der Waals surface area contributed by atoms with E-state index in [9.17, 15) is 19.2 Å². The predicted molar refractivity (Wildman–Crippen MR) is 93.1 cm³/mol. The minimum atomic E-state index is -0.699. The molecule has 0 aliphatic heterocycles. The van der Waals surface area contributed by atoms with Gasteiger partial charge in [0.15, 0.2) is 0 Å². The fraction of sp³-hybridized carbons (Fsp3) is 0.765. The van der Waals surface area contributed by atoms with Crippen molar-refractivity contribution >= 4 is 24.4 Å². The lowest BCUT2D eigenvalue weighted by molar-refractivity contribution is -0.146. The molecule has 26 heavy (non-hydrogen) atoms. The van der Waals surface area contributed by atoms with Gasteiger partial charge in [0.2, 0.25) is 12.3 Å². The van der Waals surface area contributed by atoms with E-state index in [2.05, 4.69) is 10.6 Å². The van der Waals surface area contributed by atoms with Gasteiger partial charge in [-0.05, 0) is 27.2 Å². The summed E-state index contributed by atoms with van der Waals surface area (Å²) in [6.07, 6.45) is 0.307. The molecule has 1 aliphatic carbocycles. The molecule has 148 valence electrons. The summed E-state index contributed by atoms with van der Waals surface area (Å²) in [5, 5.41) is 5.43. The van der Waals surface area contributed by atoms with Crippen molar-refractivity contribution in [3.63, 3.8) is 0 Å². The van der Waals surface area contributed by atoms with E-state index in [-0.39, 0.29) is 24.4 Å². The number of alkyl carbamates (subject to hydrolysis) is 1. The van der Waals surface area contributed by atoms with Crippen LogP contribution >= 0.6 is 0 Å². The average molecular weight is 371 g/mol. The number of ether oxygens (including phenoxy) is 2. The standard InChI is InChI=1S/C17H29N3O6/c1-10(22)18-8-12-13(20(5)9-21)7-11(15(23)25-6)14(12)19-16(24)26-17(2,3)4/h9,11-14H,7-8H2,1-6H3,(H,18,22)(H,19,24)/t11-,12-,13+,14+/m0/s1. The lowest BCUT2D eigenvalue weighted by Crippen LogP contribution is -2.51. The maximum atomic E-state index is 12.2. The summed E-state index contributed by atoms with van der Waals surface area (Å²) >= 11 is 0. The molecule has 0 saturated heterocycles. The highest BCUT2D eigenvalue weighted by molar-refractivity contribution is 5.76. The fourth-order valence-corrected chi connectivity index (χ4v) is 3.24. The van der Waals surface area contributed by atoms with Gasteiger partial charge >= 0.3 is 12.1 Å². The van der Waals surface area contributed by atoms with Crippen LogP contribution in [0.3, 0.4) is 0 Å². The molecule has 3 amide bonds. The summed E-state index contributed by atoms with van der Waals surface area (Å²) in [6, 6.07) is -0.986. The van der Waals surface area contributed by atoms with Crippen LogP contribution in [0, 0.1) is 11.8 Å². The smallest absolute Gasteiger partial charge is 0.407 e. The second-order valence-electron chi connectivity index (χ2n) is 7.48. The number of esters is 1. The van der Waals surface area contributed by atoms with Gasteiger partial charge in [-0.1, -0.05) is 0 Å². The van der Waals surface area contributed by atoms with E-state index in [4.69, 9.17) is 9.47 Å². The molecular formula is C17H29N3O6. The highest BCUT2D eigenvalue weighted by Crippen LogP contribution is 2.35. The number of nitrogens with zero attached hydrogens (tertiary/aromatic N) is 1. The summed E-state index contributed by atoms with van der Waals surface area (Å²) in [4.78, 5) is 48.5. The van der Waals surface area contributed by atoms with Crippen molar-refractivity contribution in [3.8, 4) is 0 Å². The lowest BCUT2D eigenvalue weighted by Gasteiger charge is -2.31. The Morgan fingerprint density at radius 3 is 2.35 bits per heavy atom. The highest BCUT2D eigenvalue weighted by Gasteiger charge is 2.49. The van der Waals surface area contributed by atoms with E-state index in [1.165, 1.54) is 18.9 Å². The average Bonchev–Trinajstić information content (AvgIpc) is 2.87. The molecule has 1 fully saturated rings. The van der Waals surface area contributed by atoms with Crippen molar-refractivity contribution < 1.29 is 28.7 Å². The number of rotatable bonds is 6. The first-order chi connectivity index (χ1) is 12.0. The third-order valence-corrected chi connectivity index (χ3v) is 4.35. The number of carbonyl (C=O) groups excluding carboxylic acids is 4. The first kappa shape index (κ1) is 21.7. The molecule has 0 bridgehead atoms. The highest BCUT2D eigenvalue weighted by atomic mass is 16.6. The number of amides is 3. The molecule has 1 saturated carbocycles. The van der Waals surface area contributed by atoms with Crippen LogP contribution in [-0.2, 0) is 23.9 Å². The van der Waals surface area contributed by atoms with Gasteiger partial charge in [0.1, 0.15) is 5.60 Å². The van der Waals surface area contributed by atoms with E-state index < -0.39 is 29.6 Å². The minimum Gasteiger partial charge on any atom is -0.469 e. The molecule has 0 unspecified atom stereocenters. The quantitative estimate of drug-likeness (QED) is 0.512. The first-order valence-electron chi connectivity index (χ1n) is 8.49. The lowest BCUT2D eigenvalue weighted by atomic mass is 9.96. The first-order valence-corrected chi connectivity index (χ1v) is 8.49. The Hall–Kier alpha value is -2.32. The van der Waals surface area contributed by atoms with E-state index >= 15 is 0 Å². The van der Waals surface area contributed by atoms with Crippen LogP contribution in [0.25, 0.3) is 0 Å². The van der Waals surface area contributed by atoms with Gasteiger partial charge in [-0.15, -0.1) is 0 Å². The van der Waals surface area contributed by atoms with Gasteiger partial charge in [-0.3, -0.25) is 14.4 Å². The number of hydrogen-bond donors (Lipinski definition) is 2. The Balaban J connectivity index is 3.10. The Morgan fingerprint density at radius 1 is 1.27 bits per heavy atom. The molecule has 0 aromatic heterocycles. The molecule has 0 radical (unpaired) electrons. The monoisotopic (exact) mass is 371 g/mol. The Kier molecular flexibility index (Phi) is 7.41. The molecular weight excluding hydrogens is 342 g/mol. The van der Waals surface area contributed by atoms with Crippen LogP contribution in [-0.4, -0.2) is 67.7 Å². The summed E-state index contributed by atoms with van der Waals surface area (Å²) in [5.41, 5.74) is -0.699. The Morgan fingerprint density at radius 2 is 1.88 bits per heavy atom. The van der Waals surface area contributed by atoms with E-state index in [0.29, 0.717) is 12.8 Å². The van der Waals surface area contributed by atoms with Gasteiger partial charge in [0.25, 0.3) is 0 Å². The van der Waals surface area contributed by atoms with Gasteiger partial charge in [-0.25, -0.2) is 4.79 Å². The maximum absolute atomic E-state index is 12.2. The van der Waals surface area contributed by atoms with Crippen LogP contribution < -0.4 is 10.6 Å². The minimum absolute atomic E-state index is 0.201. The predicted octanol–water partition coefficient (Wildman–Crippen LogP) is 0.282. The van der Waals surface area contributed by atoms with Crippen LogP contribution in [0.5, 0.6) is 0 Å². The second kappa shape index (κ2) is 8.86. The molecule has 4 atom stereocenters.